The average Bonchev–Trinajstić information content (AvgIpc) is 3.23. The topological polar surface area (TPSA) is 92.4 Å². The van der Waals surface area contributed by atoms with Crippen molar-refractivity contribution in [2.75, 3.05) is 6.61 Å². The molecule has 37 heavy (non-hydrogen) atoms. The van der Waals surface area contributed by atoms with E-state index in [2.05, 4.69) is 4.37 Å². The van der Waals surface area contributed by atoms with Gasteiger partial charge in [0.2, 0.25) is 0 Å². The Labute approximate surface area is 212 Å². The highest BCUT2D eigenvalue weighted by atomic mass is 32.1. The van der Waals surface area contributed by atoms with Crippen LogP contribution in [0.2, 0.25) is 0 Å². The average molecular weight is 534 g/mol. The van der Waals surface area contributed by atoms with Gasteiger partial charge in [-0.1, -0.05) is 6.07 Å². The predicted molar refractivity (Wildman–Crippen MR) is 132 cm³/mol. The fourth-order valence-corrected chi connectivity index (χ4v) is 4.55. The zero-order valence-electron chi connectivity index (χ0n) is 20.3. The molecule has 194 valence electrons. The molecule has 0 aliphatic carbocycles. The summed E-state index contributed by atoms with van der Waals surface area (Å²) in [6.45, 7) is 5.05. The van der Waals surface area contributed by atoms with E-state index >= 15 is 0 Å². The number of hydrogen-bond acceptors (Lipinski definition) is 7. The van der Waals surface area contributed by atoms with Gasteiger partial charge in [-0.3, -0.25) is 9.36 Å². The number of fused-ring (bicyclic) bond motifs is 1. The van der Waals surface area contributed by atoms with Gasteiger partial charge in [-0.15, -0.1) is 0 Å². The van der Waals surface area contributed by atoms with Crippen molar-refractivity contribution in [2.45, 2.75) is 33.1 Å². The van der Waals surface area contributed by atoms with Crippen molar-refractivity contribution in [1.29, 1.82) is 0 Å². The molecular weight excluding hydrogens is 511 g/mol. The minimum atomic E-state index is -4.85. The molecule has 2 heterocycles. The van der Waals surface area contributed by atoms with Crippen molar-refractivity contribution in [1.82, 2.24) is 13.5 Å². The minimum absolute atomic E-state index is 0.106. The number of alkyl halides is 3. The standard InChI is InChI=1S/C25H22F3N3O5S/c1-13(2)36-22(33)12-35-16-7-5-14(3)17(10-16)23-18-9-15(6-8-19(18)37-29-23)31-21(32)11-20(25(26,27)28)30(4)24(31)34/h5-11,13H,12H2,1-4H3. The number of ether oxygens (including phenoxy) is 2. The first-order chi connectivity index (χ1) is 17.4. The molecule has 4 aromatic rings. The molecule has 0 amide bonds. The third kappa shape index (κ3) is 5.29. The summed E-state index contributed by atoms with van der Waals surface area (Å²) >= 11 is 1.19. The number of rotatable bonds is 6. The predicted octanol–water partition coefficient (Wildman–Crippen LogP) is 4.47. The normalized spacial score (nSPS) is 11.8. The molecule has 0 saturated heterocycles. The smallest absolute Gasteiger partial charge is 0.431 e. The maximum Gasteiger partial charge on any atom is 0.431 e. The Kier molecular flexibility index (Phi) is 6.96. The summed E-state index contributed by atoms with van der Waals surface area (Å²) in [5, 5.41) is 0.593. The van der Waals surface area contributed by atoms with Gasteiger partial charge in [-0.05, 0) is 68.2 Å². The molecule has 0 fully saturated rings. The first kappa shape index (κ1) is 26.1. The third-order valence-corrected chi connectivity index (χ3v) is 6.34. The fourth-order valence-electron chi connectivity index (χ4n) is 3.78. The number of aromatic nitrogens is 3. The van der Waals surface area contributed by atoms with Crippen LogP contribution in [-0.4, -0.2) is 32.2 Å². The minimum Gasteiger partial charge on any atom is -0.482 e. The van der Waals surface area contributed by atoms with E-state index in [-0.39, 0.29) is 18.4 Å². The maximum absolute atomic E-state index is 13.2. The van der Waals surface area contributed by atoms with E-state index < -0.39 is 29.1 Å². The SMILES string of the molecule is Cc1ccc(OCC(=O)OC(C)C)cc1-c1nsc2ccc(-n3c(=O)cc(C(F)(F)F)n(C)c3=O)cc12. The fraction of sp³-hybridized carbons (Fsp3) is 0.280. The van der Waals surface area contributed by atoms with E-state index in [1.807, 2.05) is 6.92 Å². The number of aryl methyl sites for hydroxylation is 1. The lowest BCUT2D eigenvalue weighted by Gasteiger charge is -2.14. The van der Waals surface area contributed by atoms with Crippen LogP contribution in [0.15, 0.2) is 52.1 Å². The second-order valence-corrected chi connectivity index (χ2v) is 9.36. The van der Waals surface area contributed by atoms with Gasteiger partial charge >= 0.3 is 17.8 Å². The van der Waals surface area contributed by atoms with Gasteiger partial charge in [0.25, 0.3) is 5.56 Å². The highest BCUT2D eigenvalue weighted by Gasteiger charge is 2.35. The third-order valence-electron chi connectivity index (χ3n) is 5.51. The van der Waals surface area contributed by atoms with E-state index in [0.29, 0.717) is 37.6 Å². The van der Waals surface area contributed by atoms with Gasteiger partial charge in [0, 0.05) is 24.1 Å². The second kappa shape index (κ2) is 9.85. The molecule has 12 heteroatoms. The van der Waals surface area contributed by atoms with Crippen LogP contribution in [0.5, 0.6) is 5.75 Å². The van der Waals surface area contributed by atoms with Crippen LogP contribution in [0.25, 0.3) is 27.0 Å². The molecule has 2 aromatic heterocycles. The molecule has 2 aromatic carbocycles. The molecule has 0 N–H and O–H groups in total. The lowest BCUT2D eigenvalue weighted by atomic mass is 10.0. The Balaban J connectivity index is 1.77. The first-order valence-electron chi connectivity index (χ1n) is 11.1. The van der Waals surface area contributed by atoms with Crippen LogP contribution in [0.4, 0.5) is 13.2 Å². The van der Waals surface area contributed by atoms with Crippen molar-refractivity contribution in [2.24, 2.45) is 7.05 Å². The van der Waals surface area contributed by atoms with Crippen molar-refractivity contribution in [3.05, 3.63) is 74.6 Å². The summed E-state index contributed by atoms with van der Waals surface area (Å²) in [4.78, 5) is 37.1. The zero-order valence-corrected chi connectivity index (χ0v) is 21.1. The molecule has 8 nitrogen and oxygen atoms in total. The summed E-state index contributed by atoms with van der Waals surface area (Å²) in [6, 6.07) is 10.3. The van der Waals surface area contributed by atoms with E-state index in [4.69, 9.17) is 9.47 Å². The van der Waals surface area contributed by atoms with E-state index in [1.165, 1.54) is 23.7 Å². The monoisotopic (exact) mass is 533 g/mol. The Morgan fingerprint density at radius 3 is 2.51 bits per heavy atom. The summed E-state index contributed by atoms with van der Waals surface area (Å²) in [5.74, 6) is -0.101. The van der Waals surface area contributed by atoms with Crippen LogP contribution in [0.1, 0.15) is 25.1 Å². The van der Waals surface area contributed by atoms with Crippen molar-refractivity contribution < 1.29 is 27.4 Å². The number of benzene rings is 2. The Bertz CT molecular complexity index is 1620. The van der Waals surface area contributed by atoms with Gasteiger partial charge < -0.3 is 9.47 Å². The van der Waals surface area contributed by atoms with Crippen LogP contribution in [0, 0.1) is 6.92 Å². The Hall–Kier alpha value is -3.93. The lowest BCUT2D eigenvalue weighted by Crippen LogP contribution is -2.40. The number of hydrogen-bond donors (Lipinski definition) is 0. The quantitative estimate of drug-likeness (QED) is 0.340. The Morgan fingerprint density at radius 2 is 1.84 bits per heavy atom. The van der Waals surface area contributed by atoms with Crippen LogP contribution in [0.3, 0.4) is 0 Å². The van der Waals surface area contributed by atoms with Gasteiger partial charge in [0.05, 0.1) is 22.2 Å². The lowest BCUT2D eigenvalue weighted by molar-refractivity contribution is -0.149. The summed E-state index contributed by atoms with van der Waals surface area (Å²) in [7, 11) is 0.961. The molecule has 0 spiro atoms. The number of esters is 1. The van der Waals surface area contributed by atoms with Crippen molar-refractivity contribution in [3.63, 3.8) is 0 Å². The molecule has 4 rings (SSSR count). The molecule has 0 aliphatic rings. The number of carbonyl (C=O) groups excluding carboxylic acids is 1. The summed E-state index contributed by atoms with van der Waals surface area (Å²) in [5.41, 5.74) is -1.38. The highest BCUT2D eigenvalue weighted by Crippen LogP contribution is 2.35. The number of nitrogens with zero attached hydrogens (tertiary/aromatic N) is 3. The Morgan fingerprint density at radius 1 is 1.11 bits per heavy atom. The van der Waals surface area contributed by atoms with E-state index in [0.717, 1.165) is 17.3 Å². The van der Waals surface area contributed by atoms with Gasteiger partial charge in [-0.25, -0.2) is 14.2 Å². The van der Waals surface area contributed by atoms with E-state index in [9.17, 15) is 27.6 Å². The van der Waals surface area contributed by atoms with Gasteiger partial charge in [0.15, 0.2) is 6.61 Å². The van der Waals surface area contributed by atoms with Crippen LogP contribution >= 0.6 is 11.5 Å². The van der Waals surface area contributed by atoms with Gasteiger partial charge in [0.1, 0.15) is 11.4 Å². The molecule has 0 unspecified atom stereocenters. The molecule has 0 aliphatic heterocycles. The number of halogens is 3. The largest absolute Gasteiger partial charge is 0.482 e. The van der Waals surface area contributed by atoms with Gasteiger partial charge in [-0.2, -0.15) is 17.5 Å². The number of carbonyl (C=O) groups is 1. The molecule has 0 radical (unpaired) electrons. The molecular formula is C25H22F3N3O5S. The summed E-state index contributed by atoms with van der Waals surface area (Å²) in [6.07, 6.45) is -5.12. The highest BCUT2D eigenvalue weighted by molar-refractivity contribution is 7.13. The van der Waals surface area contributed by atoms with Crippen molar-refractivity contribution >= 4 is 27.6 Å². The molecule has 0 bridgehead atoms. The van der Waals surface area contributed by atoms with Crippen LogP contribution < -0.4 is 16.0 Å². The first-order valence-corrected chi connectivity index (χ1v) is 11.9. The summed E-state index contributed by atoms with van der Waals surface area (Å²) < 4.78 is 56.7. The maximum atomic E-state index is 13.2. The zero-order chi connectivity index (χ0) is 27.1. The second-order valence-electron chi connectivity index (χ2n) is 8.56. The van der Waals surface area contributed by atoms with E-state index in [1.54, 1.807) is 38.1 Å². The molecule has 0 saturated carbocycles. The molecule has 0 atom stereocenters. The van der Waals surface area contributed by atoms with Crippen molar-refractivity contribution in [3.8, 4) is 22.7 Å². The van der Waals surface area contributed by atoms with Crippen LogP contribution in [-0.2, 0) is 22.8 Å².